The van der Waals surface area contributed by atoms with Gasteiger partial charge in [0.05, 0.1) is 49.9 Å². The lowest BCUT2D eigenvalue weighted by molar-refractivity contribution is -0.265. The van der Waals surface area contributed by atoms with Crippen molar-refractivity contribution in [1.82, 2.24) is 40.4 Å². The molecule has 3 atom stereocenters. The number of carbonyl (C=O) groups is 2. The maximum absolute atomic E-state index is 13.5. The third-order valence-electron chi connectivity index (χ3n) is 7.43. The normalized spacial score (nSPS) is 19.3. The van der Waals surface area contributed by atoms with E-state index in [1.807, 2.05) is 5.32 Å². The number of imidazole rings is 1. The molecule has 0 spiro atoms. The van der Waals surface area contributed by atoms with E-state index in [1.54, 1.807) is 0 Å². The lowest BCUT2D eigenvalue weighted by atomic mass is 10.1. The number of alkyl halides is 6. The Morgan fingerprint density at radius 1 is 1.18 bits per heavy atom. The second-order valence-electron chi connectivity index (χ2n) is 11.0. The number of amides is 3. The molecule has 1 aliphatic heterocycles. The zero-order valence-corrected chi connectivity index (χ0v) is 23.6. The average Bonchev–Trinajstić information content (AvgIpc) is 3.31. The SMILES string of the molecule is COCC(c1cnn2cc(C(COC(C)(C)C(F)(F)F)NC(=O)c3nonc3C3CC3)nc2c1)N1CC(C(F)(F)F)NC1=O. The highest BCUT2D eigenvalue weighted by Crippen LogP contribution is 2.40. The van der Waals surface area contributed by atoms with E-state index in [4.69, 9.17) is 14.1 Å². The fourth-order valence-corrected chi connectivity index (χ4v) is 4.57. The van der Waals surface area contributed by atoms with E-state index >= 15 is 0 Å². The van der Waals surface area contributed by atoms with Gasteiger partial charge in [0.15, 0.2) is 16.9 Å². The number of hydrogen-bond acceptors (Lipinski definition) is 9. The molecule has 44 heavy (non-hydrogen) atoms. The van der Waals surface area contributed by atoms with E-state index in [-0.39, 0.29) is 35.1 Å². The largest absolute Gasteiger partial charge is 0.416 e. The van der Waals surface area contributed by atoms with Crippen molar-refractivity contribution in [3.8, 4) is 0 Å². The van der Waals surface area contributed by atoms with Crippen molar-refractivity contribution in [2.45, 2.75) is 68.7 Å². The first-order valence-corrected chi connectivity index (χ1v) is 13.4. The van der Waals surface area contributed by atoms with E-state index in [2.05, 4.69) is 25.7 Å². The Bertz CT molecular complexity index is 1520. The average molecular weight is 635 g/mol. The zero-order chi connectivity index (χ0) is 32.0. The summed E-state index contributed by atoms with van der Waals surface area (Å²) in [7, 11) is 1.32. The molecule has 3 unspecified atom stereocenters. The number of carbonyl (C=O) groups excluding carboxylic acids is 2. The van der Waals surface area contributed by atoms with Crippen molar-refractivity contribution in [1.29, 1.82) is 0 Å². The molecule has 1 saturated heterocycles. The molecule has 0 aromatic carbocycles. The van der Waals surface area contributed by atoms with Crippen molar-refractivity contribution in [3.63, 3.8) is 0 Å². The number of nitrogens with zero attached hydrogens (tertiary/aromatic N) is 6. The maximum Gasteiger partial charge on any atom is 0.416 e. The van der Waals surface area contributed by atoms with E-state index < -0.39 is 61.2 Å². The molecule has 240 valence electrons. The van der Waals surface area contributed by atoms with E-state index in [1.165, 1.54) is 30.1 Å². The summed E-state index contributed by atoms with van der Waals surface area (Å²) in [6.45, 7) is 0.185. The molecule has 3 amide bonds. The standard InChI is InChI=1S/C25H28F6N8O5/c1-23(2,25(29,30)31)43-10-15(34-21(40)20-19(12-4-5-12)36-44-37-20)14-8-39-18(33-14)6-13(7-32-39)16(11-42-3)38-9-17(24(26,27)28)35-22(38)41/h6-8,12,15-17H,4-5,9-11H2,1-3H3,(H,34,40)(H,35,41). The van der Waals surface area contributed by atoms with Crippen LogP contribution in [0, 0.1) is 0 Å². The van der Waals surface area contributed by atoms with Gasteiger partial charge in [-0.15, -0.1) is 0 Å². The van der Waals surface area contributed by atoms with Crippen molar-refractivity contribution < 1.29 is 50.0 Å². The molecule has 2 N–H and O–H groups in total. The van der Waals surface area contributed by atoms with E-state index in [0.717, 1.165) is 31.6 Å². The molecular formula is C25H28F6N8O5. The predicted molar refractivity (Wildman–Crippen MR) is 135 cm³/mol. The number of aromatic nitrogens is 5. The lowest BCUT2D eigenvalue weighted by Crippen LogP contribution is -2.44. The molecule has 0 bridgehead atoms. The Morgan fingerprint density at radius 2 is 1.91 bits per heavy atom. The molecule has 13 nitrogen and oxygen atoms in total. The van der Waals surface area contributed by atoms with Crippen molar-refractivity contribution in [2.75, 3.05) is 26.9 Å². The number of urea groups is 1. The summed E-state index contributed by atoms with van der Waals surface area (Å²) in [5.41, 5.74) is -1.88. The summed E-state index contributed by atoms with van der Waals surface area (Å²) in [6.07, 6.45) is -5.18. The third kappa shape index (κ3) is 6.42. The van der Waals surface area contributed by atoms with Crippen molar-refractivity contribution in [2.24, 2.45) is 0 Å². The summed E-state index contributed by atoms with van der Waals surface area (Å²) in [5, 5.41) is 16.1. The molecule has 0 radical (unpaired) electrons. The van der Waals surface area contributed by atoms with Gasteiger partial charge in [-0.1, -0.05) is 5.16 Å². The number of hydrogen-bond donors (Lipinski definition) is 2. The Balaban J connectivity index is 1.43. The van der Waals surface area contributed by atoms with Gasteiger partial charge in [0.1, 0.15) is 11.7 Å². The highest BCUT2D eigenvalue weighted by atomic mass is 19.4. The Labute approximate surface area is 245 Å². The molecule has 2 aliphatic rings. The molecule has 1 aliphatic carbocycles. The summed E-state index contributed by atoms with van der Waals surface area (Å²) >= 11 is 0. The van der Waals surface area contributed by atoms with Crippen LogP contribution < -0.4 is 10.6 Å². The van der Waals surface area contributed by atoms with Gasteiger partial charge in [-0.2, -0.15) is 31.4 Å². The fraction of sp³-hybridized carbons (Fsp3) is 0.600. The van der Waals surface area contributed by atoms with Crippen LogP contribution in [-0.4, -0.2) is 92.6 Å². The van der Waals surface area contributed by atoms with Crippen LogP contribution in [0.4, 0.5) is 31.1 Å². The van der Waals surface area contributed by atoms with E-state index in [9.17, 15) is 35.9 Å². The summed E-state index contributed by atoms with van der Waals surface area (Å²) in [6, 6.07) is -3.78. The maximum atomic E-state index is 13.5. The Kier molecular flexibility index (Phi) is 8.21. The smallest absolute Gasteiger partial charge is 0.382 e. The van der Waals surface area contributed by atoms with Crippen LogP contribution in [0.3, 0.4) is 0 Å². The van der Waals surface area contributed by atoms with Gasteiger partial charge in [-0.05, 0) is 37.9 Å². The fourth-order valence-electron chi connectivity index (χ4n) is 4.57. The molecule has 1 saturated carbocycles. The van der Waals surface area contributed by atoms with Crippen LogP contribution in [0.5, 0.6) is 0 Å². The number of ether oxygens (including phenoxy) is 2. The molecule has 2 fully saturated rings. The highest BCUT2D eigenvalue weighted by molar-refractivity contribution is 5.93. The van der Waals surface area contributed by atoms with Gasteiger partial charge in [0, 0.05) is 18.6 Å². The first-order valence-electron chi connectivity index (χ1n) is 13.4. The number of halogens is 6. The highest BCUT2D eigenvalue weighted by Gasteiger charge is 2.50. The minimum atomic E-state index is -4.73. The summed E-state index contributed by atoms with van der Waals surface area (Å²) in [4.78, 5) is 30.9. The first-order chi connectivity index (χ1) is 20.6. The lowest BCUT2D eigenvalue weighted by Gasteiger charge is -2.29. The number of rotatable bonds is 11. The van der Waals surface area contributed by atoms with Crippen LogP contribution in [0.1, 0.15) is 72.1 Å². The predicted octanol–water partition coefficient (Wildman–Crippen LogP) is 3.46. The van der Waals surface area contributed by atoms with Crippen LogP contribution in [0.2, 0.25) is 0 Å². The second kappa shape index (κ2) is 11.5. The van der Waals surface area contributed by atoms with Crippen molar-refractivity contribution >= 4 is 17.6 Å². The monoisotopic (exact) mass is 634 g/mol. The Morgan fingerprint density at radius 3 is 2.52 bits per heavy atom. The van der Waals surface area contributed by atoms with Gasteiger partial charge in [-0.3, -0.25) is 4.79 Å². The summed E-state index contributed by atoms with van der Waals surface area (Å²) < 4.78 is 96.8. The van der Waals surface area contributed by atoms with Crippen molar-refractivity contribution in [3.05, 3.63) is 41.1 Å². The quantitative estimate of drug-likeness (QED) is 0.303. The van der Waals surface area contributed by atoms with Gasteiger partial charge >= 0.3 is 18.4 Å². The van der Waals surface area contributed by atoms with Gasteiger partial charge in [0.25, 0.3) is 5.91 Å². The molecule has 4 heterocycles. The first kappa shape index (κ1) is 31.4. The van der Waals surface area contributed by atoms with E-state index in [0.29, 0.717) is 5.69 Å². The molecule has 5 rings (SSSR count). The topological polar surface area (TPSA) is 149 Å². The summed E-state index contributed by atoms with van der Waals surface area (Å²) in [5.74, 6) is -0.778. The van der Waals surface area contributed by atoms with Crippen LogP contribution in [-0.2, 0) is 9.47 Å². The molecule has 3 aromatic heterocycles. The number of fused-ring (bicyclic) bond motifs is 1. The zero-order valence-electron chi connectivity index (χ0n) is 23.6. The minimum Gasteiger partial charge on any atom is -0.382 e. The van der Waals surface area contributed by atoms with Crippen LogP contribution >= 0.6 is 0 Å². The van der Waals surface area contributed by atoms with Crippen LogP contribution in [0.25, 0.3) is 5.65 Å². The molecular weight excluding hydrogens is 606 g/mol. The van der Waals surface area contributed by atoms with Gasteiger partial charge in [0.2, 0.25) is 0 Å². The third-order valence-corrected chi connectivity index (χ3v) is 7.43. The van der Waals surface area contributed by atoms with Gasteiger partial charge in [-0.25, -0.2) is 18.9 Å². The minimum absolute atomic E-state index is 0.0113. The Hall–Kier alpha value is -4.00. The molecule has 19 heteroatoms. The molecule has 3 aromatic rings. The van der Waals surface area contributed by atoms with Crippen LogP contribution in [0.15, 0.2) is 23.1 Å². The number of nitrogens with one attached hydrogen (secondary N) is 2. The van der Waals surface area contributed by atoms with Gasteiger partial charge < -0.3 is 25.0 Å². The number of methoxy groups -OCH3 is 1. The second-order valence-corrected chi connectivity index (χ2v) is 11.0.